The van der Waals surface area contributed by atoms with Crippen LogP contribution in [0.5, 0.6) is 0 Å². The van der Waals surface area contributed by atoms with Crippen LogP contribution in [0.2, 0.25) is 0 Å². The number of carbonyl (C=O) groups excluding carboxylic acids is 4. The minimum atomic E-state index is -1.07. The van der Waals surface area contributed by atoms with Crippen molar-refractivity contribution in [2.75, 3.05) is 0 Å². The van der Waals surface area contributed by atoms with E-state index < -0.39 is 29.1 Å². The van der Waals surface area contributed by atoms with E-state index in [1.54, 1.807) is 13.0 Å². The molecule has 0 aliphatic heterocycles. The molecular formula is C26H34O6. The number of hydrogen-bond donors (Lipinski definition) is 0. The number of rotatable bonds is 3. The van der Waals surface area contributed by atoms with Gasteiger partial charge in [0.15, 0.2) is 23.3 Å². The molecule has 4 rings (SSSR count). The minimum Gasteiger partial charge on any atom is -0.454 e. The van der Waals surface area contributed by atoms with Crippen LogP contribution in [0, 0.1) is 28.6 Å². The highest BCUT2D eigenvalue weighted by molar-refractivity contribution is 5.97. The quantitative estimate of drug-likeness (QED) is 0.611. The van der Waals surface area contributed by atoms with Crippen molar-refractivity contribution in [1.82, 2.24) is 0 Å². The van der Waals surface area contributed by atoms with Crippen molar-refractivity contribution in [3.63, 3.8) is 0 Å². The molecule has 0 spiro atoms. The molecule has 0 amide bonds. The van der Waals surface area contributed by atoms with Crippen LogP contribution in [0.15, 0.2) is 23.3 Å². The van der Waals surface area contributed by atoms with E-state index in [1.165, 1.54) is 13.8 Å². The summed E-state index contributed by atoms with van der Waals surface area (Å²) in [4.78, 5) is 49.1. The molecule has 0 radical (unpaired) electrons. The zero-order valence-corrected chi connectivity index (χ0v) is 19.9. The summed E-state index contributed by atoms with van der Waals surface area (Å²) in [5.74, 6) is -0.401. The lowest BCUT2D eigenvalue weighted by Gasteiger charge is -2.58. The number of allylic oxidation sites excluding steroid dienone is 3. The molecule has 2 saturated carbocycles. The summed E-state index contributed by atoms with van der Waals surface area (Å²) in [6.45, 7) is 10.6. The SMILES string of the molecule is CC(=O)O[C@H]1C[C@@]2(C)C(=CC1=O)C(C)=C[C@@H]1[C@@H]2CC[C@@]2(C)[C@H]1CC[C@]2(OC(C)=O)C(C)=O. The molecular weight excluding hydrogens is 408 g/mol. The minimum absolute atomic E-state index is 0.0716. The van der Waals surface area contributed by atoms with E-state index in [2.05, 4.69) is 19.9 Å². The number of fused-ring (bicyclic) bond motifs is 5. The Balaban J connectivity index is 1.76. The Morgan fingerprint density at radius 3 is 2.25 bits per heavy atom. The average molecular weight is 443 g/mol. The van der Waals surface area contributed by atoms with E-state index >= 15 is 0 Å². The predicted molar refractivity (Wildman–Crippen MR) is 117 cm³/mol. The van der Waals surface area contributed by atoms with E-state index in [-0.39, 0.29) is 34.7 Å². The largest absolute Gasteiger partial charge is 0.454 e. The highest BCUT2D eigenvalue weighted by Gasteiger charge is 2.67. The van der Waals surface area contributed by atoms with Crippen molar-refractivity contribution in [3.05, 3.63) is 23.3 Å². The van der Waals surface area contributed by atoms with Crippen LogP contribution >= 0.6 is 0 Å². The van der Waals surface area contributed by atoms with Crippen LogP contribution in [-0.4, -0.2) is 35.2 Å². The van der Waals surface area contributed by atoms with Gasteiger partial charge in [0.05, 0.1) is 0 Å². The van der Waals surface area contributed by atoms with Crippen molar-refractivity contribution in [1.29, 1.82) is 0 Å². The van der Waals surface area contributed by atoms with E-state index in [4.69, 9.17) is 9.47 Å². The highest BCUT2D eigenvalue weighted by Crippen LogP contribution is 2.67. The Hall–Kier alpha value is -2.24. The molecule has 7 atom stereocenters. The Bertz CT molecular complexity index is 959. The lowest BCUT2D eigenvalue weighted by Crippen LogP contribution is -2.58. The molecule has 0 aromatic carbocycles. The van der Waals surface area contributed by atoms with Gasteiger partial charge in [-0.2, -0.15) is 0 Å². The molecule has 6 nitrogen and oxygen atoms in total. The highest BCUT2D eigenvalue weighted by atomic mass is 16.6. The molecule has 174 valence electrons. The Morgan fingerprint density at radius 1 is 1.00 bits per heavy atom. The van der Waals surface area contributed by atoms with Crippen LogP contribution in [0.3, 0.4) is 0 Å². The van der Waals surface area contributed by atoms with E-state index in [0.717, 1.165) is 30.4 Å². The van der Waals surface area contributed by atoms with Gasteiger partial charge in [-0.3, -0.25) is 19.2 Å². The van der Waals surface area contributed by atoms with Crippen LogP contribution in [0.1, 0.15) is 73.6 Å². The van der Waals surface area contributed by atoms with Crippen LogP contribution in [0.25, 0.3) is 0 Å². The summed E-state index contributed by atoms with van der Waals surface area (Å²) in [6.07, 6.45) is 6.68. The third kappa shape index (κ3) is 3.05. The van der Waals surface area contributed by atoms with Gasteiger partial charge in [-0.05, 0) is 68.9 Å². The fourth-order valence-electron chi connectivity index (χ4n) is 7.82. The van der Waals surface area contributed by atoms with Crippen molar-refractivity contribution in [3.8, 4) is 0 Å². The van der Waals surface area contributed by atoms with Crippen LogP contribution in [0.4, 0.5) is 0 Å². The summed E-state index contributed by atoms with van der Waals surface area (Å²) >= 11 is 0. The Kier molecular flexibility index (Phi) is 5.30. The van der Waals surface area contributed by atoms with E-state index in [0.29, 0.717) is 12.8 Å². The van der Waals surface area contributed by atoms with E-state index in [1.807, 2.05) is 6.92 Å². The number of carbonyl (C=O) groups is 4. The number of ketones is 2. The third-order valence-corrected chi connectivity index (χ3v) is 9.16. The predicted octanol–water partition coefficient (Wildman–Crippen LogP) is 4.12. The van der Waals surface area contributed by atoms with Gasteiger partial charge in [0, 0.05) is 31.1 Å². The zero-order valence-electron chi connectivity index (χ0n) is 19.9. The van der Waals surface area contributed by atoms with Gasteiger partial charge in [-0.25, -0.2) is 0 Å². The fourth-order valence-corrected chi connectivity index (χ4v) is 7.82. The molecule has 0 aromatic rings. The third-order valence-electron chi connectivity index (χ3n) is 9.16. The van der Waals surface area contributed by atoms with Gasteiger partial charge >= 0.3 is 11.9 Å². The van der Waals surface area contributed by atoms with Gasteiger partial charge in [0.25, 0.3) is 0 Å². The summed E-state index contributed by atoms with van der Waals surface area (Å²) in [5.41, 5.74) is 0.337. The number of ether oxygens (including phenoxy) is 2. The maximum absolute atomic E-state index is 12.9. The van der Waals surface area contributed by atoms with Gasteiger partial charge in [0.2, 0.25) is 0 Å². The normalized spacial score (nSPS) is 42.6. The van der Waals surface area contributed by atoms with Crippen LogP contribution < -0.4 is 0 Å². The molecule has 0 N–H and O–H groups in total. The van der Waals surface area contributed by atoms with Crippen molar-refractivity contribution >= 4 is 23.5 Å². The molecule has 0 unspecified atom stereocenters. The first-order valence-corrected chi connectivity index (χ1v) is 11.7. The second kappa shape index (κ2) is 7.39. The van der Waals surface area contributed by atoms with Gasteiger partial charge in [-0.15, -0.1) is 0 Å². The molecule has 6 heteroatoms. The molecule has 0 heterocycles. The maximum atomic E-state index is 12.9. The standard InChI is InChI=1S/C26H34O6/c1-14-11-18-19(24(5)13-23(31-16(3)28)22(30)12-21(14)24)7-9-25(6)20(18)8-10-26(25,15(2)27)32-17(4)29/h11-12,18-20,23H,7-10,13H2,1-6H3/t18-,19+,20+,23+,24-,25+,26+/m1/s1. The van der Waals surface area contributed by atoms with E-state index in [9.17, 15) is 19.2 Å². The maximum Gasteiger partial charge on any atom is 0.303 e. The van der Waals surface area contributed by atoms with Crippen molar-refractivity contribution in [2.45, 2.75) is 85.4 Å². The Morgan fingerprint density at radius 2 is 1.66 bits per heavy atom. The zero-order chi connectivity index (χ0) is 23.6. The average Bonchev–Trinajstić information content (AvgIpc) is 2.97. The smallest absolute Gasteiger partial charge is 0.303 e. The molecule has 4 aliphatic carbocycles. The first-order chi connectivity index (χ1) is 14.9. The fraction of sp³-hybridized carbons (Fsp3) is 0.692. The van der Waals surface area contributed by atoms with Gasteiger partial charge < -0.3 is 9.47 Å². The first kappa shape index (κ1) is 22.9. The summed E-state index contributed by atoms with van der Waals surface area (Å²) in [6, 6.07) is 0. The van der Waals surface area contributed by atoms with Gasteiger partial charge in [0.1, 0.15) is 0 Å². The molecule has 2 fully saturated rings. The summed E-state index contributed by atoms with van der Waals surface area (Å²) in [7, 11) is 0. The summed E-state index contributed by atoms with van der Waals surface area (Å²) < 4.78 is 11.2. The molecule has 32 heavy (non-hydrogen) atoms. The summed E-state index contributed by atoms with van der Waals surface area (Å²) in [5, 5.41) is 0. The number of Topliss-reactive ketones (excluding diaryl/α,β-unsaturated/α-hetero) is 1. The second-order valence-electron chi connectivity index (χ2n) is 10.8. The number of hydrogen-bond acceptors (Lipinski definition) is 6. The molecule has 0 aromatic heterocycles. The second-order valence-corrected chi connectivity index (χ2v) is 10.8. The molecule has 0 saturated heterocycles. The number of esters is 2. The molecule has 4 aliphatic rings. The topological polar surface area (TPSA) is 86.7 Å². The Labute approximate surface area is 189 Å². The molecule has 0 bridgehead atoms. The van der Waals surface area contributed by atoms with Crippen molar-refractivity contribution < 1.29 is 28.7 Å². The van der Waals surface area contributed by atoms with Crippen molar-refractivity contribution in [2.24, 2.45) is 28.6 Å². The lowest BCUT2D eigenvalue weighted by atomic mass is 9.47. The van der Waals surface area contributed by atoms with Gasteiger partial charge in [-0.1, -0.05) is 25.5 Å². The first-order valence-electron chi connectivity index (χ1n) is 11.7. The van der Waals surface area contributed by atoms with Crippen LogP contribution in [-0.2, 0) is 28.7 Å². The monoisotopic (exact) mass is 442 g/mol. The lowest BCUT2D eigenvalue weighted by molar-refractivity contribution is -0.185.